The lowest BCUT2D eigenvalue weighted by molar-refractivity contribution is 0.0660. The number of aromatic nitrogens is 3. The SMILES string of the molecule is COCCCC1CCCN(C(=O)c2cnc3c(c2)ncn3-c2ccccc2)C1. The van der Waals surface area contributed by atoms with E-state index in [4.69, 9.17) is 4.74 Å². The predicted molar refractivity (Wildman–Crippen MR) is 109 cm³/mol. The first-order valence-electron chi connectivity index (χ1n) is 9.93. The number of pyridine rings is 1. The van der Waals surface area contributed by atoms with Crippen molar-refractivity contribution in [2.24, 2.45) is 5.92 Å². The van der Waals surface area contributed by atoms with Crippen LogP contribution in [0.3, 0.4) is 0 Å². The Kier molecular flexibility index (Phi) is 5.67. The standard InChI is InChI=1S/C22H26N4O2/c1-28-12-6-8-17-7-5-11-25(15-17)22(27)18-13-20-21(23-14-18)26(16-24-20)19-9-3-2-4-10-19/h2-4,9-10,13-14,16-17H,5-8,11-12,15H2,1H3. The molecule has 2 aromatic heterocycles. The van der Waals surface area contributed by atoms with Gasteiger partial charge in [0, 0.05) is 38.7 Å². The number of carbonyl (C=O) groups excluding carboxylic acids is 1. The zero-order valence-corrected chi connectivity index (χ0v) is 16.3. The van der Waals surface area contributed by atoms with Gasteiger partial charge >= 0.3 is 0 Å². The molecule has 6 nitrogen and oxygen atoms in total. The zero-order chi connectivity index (χ0) is 19.3. The number of nitrogens with zero attached hydrogens (tertiary/aromatic N) is 4. The van der Waals surface area contributed by atoms with E-state index in [9.17, 15) is 4.79 Å². The third-order valence-corrected chi connectivity index (χ3v) is 5.44. The van der Waals surface area contributed by atoms with Gasteiger partial charge in [-0.25, -0.2) is 9.97 Å². The zero-order valence-electron chi connectivity index (χ0n) is 16.3. The average molecular weight is 378 g/mol. The van der Waals surface area contributed by atoms with Crippen molar-refractivity contribution < 1.29 is 9.53 Å². The molecular weight excluding hydrogens is 352 g/mol. The number of para-hydroxylation sites is 1. The molecule has 0 radical (unpaired) electrons. The van der Waals surface area contributed by atoms with Crippen LogP contribution in [-0.2, 0) is 4.74 Å². The molecule has 0 bridgehead atoms. The smallest absolute Gasteiger partial charge is 0.255 e. The quantitative estimate of drug-likeness (QED) is 0.614. The first-order chi connectivity index (χ1) is 13.8. The highest BCUT2D eigenvalue weighted by Gasteiger charge is 2.25. The Morgan fingerprint density at radius 1 is 1.25 bits per heavy atom. The number of piperidine rings is 1. The van der Waals surface area contributed by atoms with Gasteiger partial charge in [-0.15, -0.1) is 0 Å². The lowest BCUT2D eigenvalue weighted by Gasteiger charge is -2.32. The molecule has 0 N–H and O–H groups in total. The van der Waals surface area contributed by atoms with Crippen molar-refractivity contribution in [2.45, 2.75) is 25.7 Å². The van der Waals surface area contributed by atoms with Crippen LogP contribution in [0.25, 0.3) is 16.9 Å². The highest BCUT2D eigenvalue weighted by Crippen LogP contribution is 2.23. The summed E-state index contributed by atoms with van der Waals surface area (Å²) in [5.74, 6) is 0.613. The minimum absolute atomic E-state index is 0.0557. The van der Waals surface area contributed by atoms with E-state index in [0.29, 0.717) is 11.5 Å². The molecule has 1 saturated heterocycles. The Hall–Kier alpha value is -2.73. The van der Waals surface area contributed by atoms with Gasteiger partial charge in [0.05, 0.1) is 5.56 Å². The second-order valence-electron chi connectivity index (χ2n) is 7.41. The van der Waals surface area contributed by atoms with Crippen LogP contribution in [0.1, 0.15) is 36.0 Å². The number of rotatable bonds is 6. The number of hydrogen-bond acceptors (Lipinski definition) is 4. The van der Waals surface area contributed by atoms with Gasteiger partial charge in [0.15, 0.2) is 5.65 Å². The van der Waals surface area contributed by atoms with Gasteiger partial charge in [-0.2, -0.15) is 0 Å². The van der Waals surface area contributed by atoms with Crippen molar-refractivity contribution in [1.29, 1.82) is 0 Å². The summed E-state index contributed by atoms with van der Waals surface area (Å²) in [6, 6.07) is 11.8. The van der Waals surface area contributed by atoms with Crippen molar-refractivity contribution in [1.82, 2.24) is 19.4 Å². The number of methoxy groups -OCH3 is 1. The van der Waals surface area contributed by atoms with E-state index >= 15 is 0 Å². The van der Waals surface area contributed by atoms with Gasteiger partial charge in [-0.3, -0.25) is 9.36 Å². The lowest BCUT2D eigenvalue weighted by atomic mass is 9.93. The van der Waals surface area contributed by atoms with Crippen LogP contribution < -0.4 is 0 Å². The second kappa shape index (κ2) is 8.52. The van der Waals surface area contributed by atoms with Crippen LogP contribution in [0.4, 0.5) is 0 Å². The molecule has 1 aliphatic heterocycles. The molecule has 4 rings (SSSR count). The summed E-state index contributed by atoms with van der Waals surface area (Å²) in [6.45, 7) is 2.42. The number of likely N-dealkylation sites (tertiary alicyclic amines) is 1. The highest BCUT2D eigenvalue weighted by molar-refractivity contribution is 5.96. The molecule has 3 heterocycles. The number of hydrogen-bond donors (Lipinski definition) is 0. The van der Waals surface area contributed by atoms with Gasteiger partial charge < -0.3 is 9.64 Å². The molecular formula is C22H26N4O2. The second-order valence-corrected chi connectivity index (χ2v) is 7.41. The molecule has 3 aromatic rings. The Morgan fingerprint density at radius 3 is 2.93 bits per heavy atom. The Bertz CT molecular complexity index is 938. The topological polar surface area (TPSA) is 60.2 Å². The van der Waals surface area contributed by atoms with Crippen molar-refractivity contribution in [3.05, 3.63) is 54.5 Å². The fourth-order valence-electron chi connectivity index (χ4n) is 3.98. The number of ether oxygens (including phenoxy) is 1. The monoisotopic (exact) mass is 378 g/mol. The molecule has 1 amide bonds. The molecule has 1 fully saturated rings. The van der Waals surface area contributed by atoms with Gasteiger partial charge in [-0.1, -0.05) is 18.2 Å². The van der Waals surface area contributed by atoms with E-state index in [1.807, 2.05) is 45.9 Å². The Morgan fingerprint density at radius 2 is 2.11 bits per heavy atom. The summed E-state index contributed by atoms with van der Waals surface area (Å²) in [7, 11) is 1.74. The summed E-state index contributed by atoms with van der Waals surface area (Å²) in [6.07, 6.45) is 7.84. The van der Waals surface area contributed by atoms with E-state index in [0.717, 1.165) is 55.8 Å². The largest absolute Gasteiger partial charge is 0.385 e. The van der Waals surface area contributed by atoms with E-state index < -0.39 is 0 Å². The summed E-state index contributed by atoms with van der Waals surface area (Å²) < 4.78 is 7.09. The van der Waals surface area contributed by atoms with Crippen LogP contribution in [0.5, 0.6) is 0 Å². The third-order valence-electron chi connectivity index (χ3n) is 5.44. The molecule has 1 unspecified atom stereocenters. The van der Waals surface area contributed by atoms with Gasteiger partial charge in [-0.05, 0) is 49.8 Å². The molecule has 0 aliphatic carbocycles. The predicted octanol–water partition coefficient (Wildman–Crippen LogP) is 3.70. The maximum Gasteiger partial charge on any atom is 0.255 e. The summed E-state index contributed by atoms with van der Waals surface area (Å²) in [4.78, 5) is 24.0. The van der Waals surface area contributed by atoms with Crippen molar-refractivity contribution in [2.75, 3.05) is 26.8 Å². The van der Waals surface area contributed by atoms with Crippen molar-refractivity contribution in [3.63, 3.8) is 0 Å². The number of carbonyl (C=O) groups is 1. The Labute approximate surface area is 165 Å². The van der Waals surface area contributed by atoms with Crippen molar-refractivity contribution >= 4 is 17.1 Å². The average Bonchev–Trinajstić information content (AvgIpc) is 3.17. The first kappa shape index (κ1) is 18.6. The lowest BCUT2D eigenvalue weighted by Crippen LogP contribution is -2.40. The van der Waals surface area contributed by atoms with Gasteiger partial charge in [0.25, 0.3) is 5.91 Å². The van der Waals surface area contributed by atoms with Crippen LogP contribution >= 0.6 is 0 Å². The van der Waals surface area contributed by atoms with E-state index in [1.165, 1.54) is 6.42 Å². The van der Waals surface area contributed by atoms with E-state index in [-0.39, 0.29) is 5.91 Å². The third kappa shape index (κ3) is 3.92. The molecule has 28 heavy (non-hydrogen) atoms. The van der Waals surface area contributed by atoms with Crippen LogP contribution in [-0.4, -0.2) is 52.1 Å². The Balaban J connectivity index is 1.50. The fraction of sp³-hybridized carbons (Fsp3) is 0.409. The fourth-order valence-corrected chi connectivity index (χ4v) is 3.98. The maximum atomic E-state index is 13.0. The maximum absolute atomic E-state index is 13.0. The molecule has 1 atom stereocenters. The van der Waals surface area contributed by atoms with Crippen LogP contribution in [0.15, 0.2) is 48.9 Å². The normalized spacial score (nSPS) is 17.2. The van der Waals surface area contributed by atoms with E-state index in [2.05, 4.69) is 9.97 Å². The summed E-state index contributed by atoms with van der Waals surface area (Å²) >= 11 is 0. The van der Waals surface area contributed by atoms with Crippen LogP contribution in [0.2, 0.25) is 0 Å². The molecule has 6 heteroatoms. The van der Waals surface area contributed by atoms with Crippen LogP contribution in [0, 0.1) is 5.92 Å². The molecule has 1 aromatic carbocycles. The number of imidazole rings is 1. The minimum Gasteiger partial charge on any atom is -0.385 e. The van der Waals surface area contributed by atoms with Crippen molar-refractivity contribution in [3.8, 4) is 5.69 Å². The first-order valence-corrected chi connectivity index (χ1v) is 9.93. The van der Waals surface area contributed by atoms with Gasteiger partial charge in [0.1, 0.15) is 11.8 Å². The number of amides is 1. The summed E-state index contributed by atoms with van der Waals surface area (Å²) in [5, 5.41) is 0. The van der Waals surface area contributed by atoms with E-state index in [1.54, 1.807) is 19.6 Å². The number of benzene rings is 1. The highest BCUT2D eigenvalue weighted by atomic mass is 16.5. The minimum atomic E-state index is 0.0557. The van der Waals surface area contributed by atoms with Gasteiger partial charge in [0.2, 0.25) is 0 Å². The molecule has 0 spiro atoms. The molecule has 146 valence electrons. The molecule has 1 aliphatic rings. The summed E-state index contributed by atoms with van der Waals surface area (Å²) in [5.41, 5.74) is 3.12. The number of fused-ring (bicyclic) bond motifs is 1. The molecule has 0 saturated carbocycles.